The van der Waals surface area contributed by atoms with Gasteiger partial charge in [-0.2, -0.15) is 0 Å². The molecule has 0 aliphatic rings. The van der Waals surface area contributed by atoms with E-state index in [1.807, 2.05) is 0 Å². The third kappa shape index (κ3) is 2.01. The Morgan fingerprint density at radius 3 is 2.89 bits per heavy atom. The second-order valence-corrected chi connectivity index (χ2v) is 3.87. The minimum Gasteiger partial charge on any atom is -0.408 e. The number of rotatable bonds is 3. The fourth-order valence-corrected chi connectivity index (χ4v) is 1.69. The maximum atomic E-state index is 11.6. The molecule has 1 aromatic heterocycles. The number of hydrogen-bond acceptors (Lipinski definition) is 5. The number of amides is 1. The van der Waals surface area contributed by atoms with E-state index in [0.717, 1.165) is 0 Å². The smallest absolute Gasteiger partial charge is 0.408 e. The van der Waals surface area contributed by atoms with Gasteiger partial charge in [-0.1, -0.05) is 6.07 Å². The maximum Gasteiger partial charge on any atom is 0.419 e. The van der Waals surface area contributed by atoms with Gasteiger partial charge in [0.05, 0.1) is 5.52 Å². The average Bonchev–Trinajstić information content (AvgIpc) is 2.64. The molecule has 2 rings (SSSR count). The summed E-state index contributed by atoms with van der Waals surface area (Å²) in [5.41, 5.74) is 12.4. The van der Waals surface area contributed by atoms with Crippen molar-refractivity contribution < 1.29 is 9.21 Å². The fourth-order valence-electron chi connectivity index (χ4n) is 1.69. The lowest BCUT2D eigenvalue weighted by molar-refractivity contribution is -0.123. The molecule has 0 saturated heterocycles. The number of carbonyl (C=O) groups excluding carboxylic acids is 1. The summed E-state index contributed by atoms with van der Waals surface area (Å²) in [6.45, 7) is 0. The summed E-state index contributed by atoms with van der Waals surface area (Å²) in [4.78, 5) is 22.9. The molecule has 1 unspecified atom stereocenters. The van der Waals surface area contributed by atoms with Crippen LogP contribution in [0, 0.1) is 0 Å². The summed E-state index contributed by atoms with van der Waals surface area (Å²) in [6, 6.07) is 4.14. The lowest BCUT2D eigenvalue weighted by Crippen LogP contribution is -2.40. The minimum atomic E-state index is -0.813. The van der Waals surface area contributed by atoms with Crippen molar-refractivity contribution in [1.82, 2.24) is 15.4 Å². The Kier molecular flexibility index (Phi) is 3.17. The highest BCUT2D eigenvalue weighted by Gasteiger charge is 2.17. The summed E-state index contributed by atoms with van der Waals surface area (Å²) in [5.74, 6) is -0.805. The Bertz CT molecular complexity index is 643. The zero-order chi connectivity index (χ0) is 13.3. The van der Waals surface area contributed by atoms with E-state index in [-0.39, 0.29) is 5.91 Å². The van der Waals surface area contributed by atoms with Gasteiger partial charge in [0.1, 0.15) is 6.04 Å². The number of aromatic nitrogens is 1. The first-order valence-electron chi connectivity index (χ1n) is 5.36. The number of oxazole rings is 1. The van der Waals surface area contributed by atoms with Gasteiger partial charge >= 0.3 is 5.76 Å². The van der Waals surface area contributed by atoms with E-state index in [2.05, 4.69) is 10.9 Å². The molecular formula is C11H14N4O3. The lowest BCUT2D eigenvalue weighted by atomic mass is 10.1. The van der Waals surface area contributed by atoms with Gasteiger partial charge in [-0.25, -0.2) is 10.2 Å². The molecule has 1 aromatic carbocycles. The first-order chi connectivity index (χ1) is 8.54. The number of aryl methyl sites for hydroxylation is 1. The Morgan fingerprint density at radius 2 is 2.22 bits per heavy atom. The fraction of sp³-hybridized carbons (Fsp3) is 0.273. The van der Waals surface area contributed by atoms with Crippen LogP contribution in [0.1, 0.15) is 11.6 Å². The highest BCUT2D eigenvalue weighted by molar-refractivity contribution is 5.84. The molecule has 4 N–H and O–H groups in total. The first-order valence-corrected chi connectivity index (χ1v) is 5.36. The highest BCUT2D eigenvalue weighted by Crippen LogP contribution is 2.18. The predicted octanol–water partition coefficient (Wildman–Crippen LogP) is -0.618. The molecule has 1 heterocycles. The van der Waals surface area contributed by atoms with Gasteiger partial charge < -0.3 is 10.2 Å². The number of benzene rings is 1. The van der Waals surface area contributed by atoms with Crippen LogP contribution in [0.3, 0.4) is 0 Å². The molecule has 1 amide bonds. The molecule has 7 heteroatoms. The van der Waals surface area contributed by atoms with Gasteiger partial charge in [-0.15, -0.1) is 0 Å². The Morgan fingerprint density at radius 1 is 1.50 bits per heavy atom. The normalized spacial score (nSPS) is 12.6. The van der Waals surface area contributed by atoms with Gasteiger partial charge in [-0.3, -0.25) is 14.8 Å². The van der Waals surface area contributed by atoms with Gasteiger partial charge in [-0.05, 0) is 17.7 Å². The van der Waals surface area contributed by atoms with E-state index in [0.29, 0.717) is 16.7 Å². The SMILES string of the molecule is CNNC(=O)C(N)c1ccc2oc(=O)n(C)c2c1. The number of fused-ring (bicyclic) bond motifs is 1. The summed E-state index contributed by atoms with van der Waals surface area (Å²) in [7, 11) is 3.17. The molecule has 0 fully saturated rings. The highest BCUT2D eigenvalue weighted by atomic mass is 16.4. The second-order valence-electron chi connectivity index (χ2n) is 3.87. The summed E-state index contributed by atoms with van der Waals surface area (Å²) in [5, 5.41) is 0. The monoisotopic (exact) mass is 250 g/mol. The van der Waals surface area contributed by atoms with E-state index in [9.17, 15) is 9.59 Å². The third-order valence-electron chi connectivity index (χ3n) is 2.71. The van der Waals surface area contributed by atoms with Crippen LogP contribution in [0.25, 0.3) is 11.1 Å². The summed E-state index contributed by atoms with van der Waals surface area (Å²) >= 11 is 0. The lowest BCUT2D eigenvalue weighted by Gasteiger charge is -2.11. The van der Waals surface area contributed by atoms with Crippen LogP contribution in [0.4, 0.5) is 0 Å². The van der Waals surface area contributed by atoms with Crippen molar-refractivity contribution in [2.24, 2.45) is 12.8 Å². The Hall–Kier alpha value is -2.12. The van der Waals surface area contributed by atoms with Crippen molar-refractivity contribution in [3.63, 3.8) is 0 Å². The third-order valence-corrected chi connectivity index (χ3v) is 2.71. The number of hydrazine groups is 1. The van der Waals surface area contributed by atoms with Gasteiger partial charge in [0.15, 0.2) is 5.58 Å². The predicted molar refractivity (Wildman–Crippen MR) is 65.6 cm³/mol. The number of nitrogens with one attached hydrogen (secondary N) is 2. The molecule has 1 atom stereocenters. The molecule has 0 aliphatic heterocycles. The van der Waals surface area contributed by atoms with Crippen LogP contribution in [0.5, 0.6) is 0 Å². The molecule has 0 spiro atoms. The largest absolute Gasteiger partial charge is 0.419 e. The van der Waals surface area contributed by atoms with Crippen LogP contribution in [0.2, 0.25) is 0 Å². The van der Waals surface area contributed by atoms with E-state index in [1.54, 1.807) is 32.3 Å². The maximum absolute atomic E-state index is 11.6. The first kappa shape index (κ1) is 12.3. The van der Waals surface area contributed by atoms with Gasteiger partial charge in [0.2, 0.25) is 0 Å². The van der Waals surface area contributed by atoms with E-state index >= 15 is 0 Å². The van der Waals surface area contributed by atoms with Gasteiger partial charge in [0, 0.05) is 14.1 Å². The van der Waals surface area contributed by atoms with Crippen LogP contribution in [-0.2, 0) is 11.8 Å². The number of hydrogen-bond donors (Lipinski definition) is 3. The van der Waals surface area contributed by atoms with Crippen molar-refractivity contribution in [3.05, 3.63) is 34.3 Å². The molecule has 2 aromatic rings. The van der Waals surface area contributed by atoms with Crippen LogP contribution < -0.4 is 22.3 Å². The zero-order valence-electron chi connectivity index (χ0n) is 10.1. The standard InChI is InChI=1S/C11H14N4O3/c1-13-14-10(16)9(12)6-3-4-8-7(5-6)15(2)11(17)18-8/h3-5,9,13H,12H2,1-2H3,(H,14,16). The van der Waals surface area contributed by atoms with Crippen molar-refractivity contribution in [2.75, 3.05) is 7.05 Å². The van der Waals surface area contributed by atoms with Crippen molar-refractivity contribution in [1.29, 1.82) is 0 Å². The molecule has 0 saturated carbocycles. The zero-order valence-corrected chi connectivity index (χ0v) is 10.1. The molecule has 96 valence electrons. The Labute approximate surface area is 103 Å². The summed E-state index contributed by atoms with van der Waals surface area (Å²) in [6.07, 6.45) is 0. The van der Waals surface area contributed by atoms with E-state index in [1.165, 1.54) is 4.57 Å². The van der Waals surface area contributed by atoms with Crippen molar-refractivity contribution in [3.8, 4) is 0 Å². The van der Waals surface area contributed by atoms with Crippen LogP contribution >= 0.6 is 0 Å². The minimum absolute atomic E-state index is 0.356. The quantitative estimate of drug-likeness (QED) is 0.630. The molecule has 7 nitrogen and oxygen atoms in total. The van der Waals surface area contributed by atoms with Crippen molar-refractivity contribution in [2.45, 2.75) is 6.04 Å². The van der Waals surface area contributed by atoms with E-state index in [4.69, 9.17) is 10.2 Å². The second kappa shape index (κ2) is 4.63. The number of carbonyl (C=O) groups is 1. The molecule has 0 aliphatic carbocycles. The molecule has 0 radical (unpaired) electrons. The topological polar surface area (TPSA) is 102 Å². The Balaban J connectivity index is 2.43. The summed E-state index contributed by atoms with van der Waals surface area (Å²) < 4.78 is 6.36. The molecule has 18 heavy (non-hydrogen) atoms. The van der Waals surface area contributed by atoms with Gasteiger partial charge in [0.25, 0.3) is 5.91 Å². The average molecular weight is 250 g/mol. The van der Waals surface area contributed by atoms with Crippen LogP contribution in [0.15, 0.2) is 27.4 Å². The number of nitrogens with two attached hydrogens (primary N) is 1. The van der Waals surface area contributed by atoms with Crippen LogP contribution in [-0.4, -0.2) is 17.5 Å². The number of nitrogens with zero attached hydrogens (tertiary/aromatic N) is 1. The van der Waals surface area contributed by atoms with Crippen molar-refractivity contribution >= 4 is 17.0 Å². The van der Waals surface area contributed by atoms with E-state index < -0.39 is 11.8 Å². The molecular weight excluding hydrogens is 236 g/mol. The molecule has 0 bridgehead atoms.